The minimum Gasteiger partial charge on any atom is -0.495 e. The monoisotopic (exact) mass is 367 g/mol. The molecule has 0 aliphatic rings. The van der Waals surface area contributed by atoms with E-state index >= 15 is 0 Å². The Morgan fingerprint density at radius 3 is 2.69 bits per heavy atom. The van der Waals surface area contributed by atoms with E-state index in [1.54, 1.807) is 31.5 Å². The lowest BCUT2D eigenvalue weighted by Gasteiger charge is -2.11. The topological polar surface area (TPSA) is 63.2 Å². The summed E-state index contributed by atoms with van der Waals surface area (Å²) in [6, 6.07) is 16.2. The van der Waals surface area contributed by atoms with Gasteiger partial charge in [0.2, 0.25) is 0 Å². The van der Waals surface area contributed by atoms with Gasteiger partial charge in [0.1, 0.15) is 11.6 Å². The summed E-state index contributed by atoms with van der Waals surface area (Å²) in [5, 5.41) is 6.61. The molecule has 0 saturated heterocycles. The smallest absolute Gasteiger partial charge is 0.255 e. The molecule has 0 aliphatic heterocycles. The van der Waals surface area contributed by atoms with Crippen molar-refractivity contribution in [2.45, 2.75) is 6.92 Å². The average molecular weight is 368 g/mol. The number of amides is 1. The van der Waals surface area contributed by atoms with Crippen LogP contribution in [0.25, 0.3) is 0 Å². The minimum absolute atomic E-state index is 0.240. The van der Waals surface area contributed by atoms with E-state index in [4.69, 9.17) is 16.3 Å². The van der Waals surface area contributed by atoms with E-state index in [0.717, 1.165) is 11.3 Å². The summed E-state index contributed by atoms with van der Waals surface area (Å²) in [6.07, 6.45) is 1.58. The van der Waals surface area contributed by atoms with Crippen molar-refractivity contribution in [2.24, 2.45) is 0 Å². The first-order valence-electron chi connectivity index (χ1n) is 8.00. The van der Waals surface area contributed by atoms with Crippen molar-refractivity contribution < 1.29 is 9.53 Å². The molecular weight excluding hydrogens is 350 g/mol. The Hall–Kier alpha value is -3.05. The Morgan fingerprint density at radius 1 is 1.12 bits per heavy atom. The molecule has 3 aromatic rings. The molecule has 5 nitrogen and oxygen atoms in total. The van der Waals surface area contributed by atoms with E-state index in [2.05, 4.69) is 15.6 Å². The number of hydrogen-bond acceptors (Lipinski definition) is 4. The molecule has 132 valence electrons. The van der Waals surface area contributed by atoms with Crippen molar-refractivity contribution in [3.63, 3.8) is 0 Å². The molecule has 2 N–H and O–H groups in total. The molecule has 0 bridgehead atoms. The first kappa shape index (κ1) is 17.8. The van der Waals surface area contributed by atoms with Gasteiger partial charge in [0, 0.05) is 22.5 Å². The van der Waals surface area contributed by atoms with Crippen LogP contribution in [0, 0.1) is 6.92 Å². The van der Waals surface area contributed by atoms with E-state index in [-0.39, 0.29) is 5.91 Å². The summed E-state index contributed by atoms with van der Waals surface area (Å²) < 4.78 is 5.31. The first-order valence-corrected chi connectivity index (χ1v) is 8.38. The van der Waals surface area contributed by atoms with Gasteiger partial charge in [0.05, 0.1) is 12.8 Å². The quantitative estimate of drug-likeness (QED) is 0.662. The van der Waals surface area contributed by atoms with Crippen LogP contribution in [0.15, 0.2) is 60.8 Å². The maximum atomic E-state index is 12.5. The van der Waals surface area contributed by atoms with Crippen LogP contribution >= 0.6 is 11.6 Å². The predicted molar refractivity (Wildman–Crippen MR) is 105 cm³/mol. The van der Waals surface area contributed by atoms with Gasteiger partial charge in [0.25, 0.3) is 5.91 Å². The summed E-state index contributed by atoms with van der Waals surface area (Å²) in [6.45, 7) is 1.91. The largest absolute Gasteiger partial charge is 0.495 e. The number of anilines is 3. The number of carbonyl (C=O) groups excluding carboxylic acids is 1. The number of carbonyl (C=O) groups is 1. The third kappa shape index (κ3) is 4.13. The van der Waals surface area contributed by atoms with Gasteiger partial charge in [-0.2, -0.15) is 0 Å². The van der Waals surface area contributed by atoms with Crippen LogP contribution in [0.3, 0.4) is 0 Å². The Labute approximate surface area is 157 Å². The van der Waals surface area contributed by atoms with Crippen LogP contribution in [-0.2, 0) is 0 Å². The molecule has 0 fully saturated rings. The second-order valence-electron chi connectivity index (χ2n) is 5.67. The van der Waals surface area contributed by atoms with Gasteiger partial charge in [-0.25, -0.2) is 4.98 Å². The van der Waals surface area contributed by atoms with Gasteiger partial charge >= 0.3 is 0 Å². The minimum atomic E-state index is -0.240. The highest BCUT2D eigenvalue weighted by Crippen LogP contribution is 2.26. The molecule has 0 spiro atoms. The number of nitrogens with zero attached hydrogens (tertiary/aromatic N) is 1. The molecule has 26 heavy (non-hydrogen) atoms. The summed E-state index contributed by atoms with van der Waals surface area (Å²) in [5.41, 5.74) is 2.85. The van der Waals surface area contributed by atoms with Gasteiger partial charge in [0.15, 0.2) is 0 Å². The second kappa shape index (κ2) is 7.89. The van der Waals surface area contributed by atoms with Crippen LogP contribution in [0.2, 0.25) is 5.02 Å². The molecule has 0 radical (unpaired) electrons. The van der Waals surface area contributed by atoms with Crippen molar-refractivity contribution in [1.82, 2.24) is 4.98 Å². The molecule has 1 amide bonds. The number of methoxy groups -OCH3 is 1. The van der Waals surface area contributed by atoms with Crippen LogP contribution in [0.4, 0.5) is 17.2 Å². The number of nitrogens with one attached hydrogen (secondary N) is 2. The standard InChI is InChI=1S/C20H18ClN3O2/c1-13-7-8-15(12-16(13)21)23-20(25)14-9-10-22-19(11-14)24-17-5-3-4-6-18(17)26-2/h3-12H,1-2H3,(H,22,24)(H,23,25). The molecule has 2 aromatic carbocycles. The van der Waals surface area contributed by atoms with Crippen molar-refractivity contribution in [1.29, 1.82) is 0 Å². The third-order valence-corrected chi connectivity index (χ3v) is 4.23. The van der Waals surface area contributed by atoms with Gasteiger partial charge in [-0.05, 0) is 48.9 Å². The Bertz CT molecular complexity index is 944. The molecular formula is C20H18ClN3O2. The van der Waals surface area contributed by atoms with E-state index in [1.165, 1.54) is 0 Å². The van der Waals surface area contributed by atoms with Gasteiger partial charge in [-0.1, -0.05) is 29.8 Å². The van der Waals surface area contributed by atoms with Gasteiger partial charge in [-0.15, -0.1) is 0 Å². The molecule has 3 rings (SSSR count). The third-order valence-electron chi connectivity index (χ3n) is 3.82. The zero-order valence-corrected chi connectivity index (χ0v) is 15.2. The number of hydrogen-bond donors (Lipinski definition) is 2. The highest BCUT2D eigenvalue weighted by molar-refractivity contribution is 6.31. The first-order chi connectivity index (χ1) is 12.6. The van der Waals surface area contributed by atoms with Crippen LogP contribution in [-0.4, -0.2) is 18.0 Å². The Morgan fingerprint density at radius 2 is 1.92 bits per heavy atom. The summed E-state index contributed by atoms with van der Waals surface area (Å²) in [7, 11) is 1.60. The Kier molecular flexibility index (Phi) is 5.39. The average Bonchev–Trinajstić information content (AvgIpc) is 2.65. The van der Waals surface area contributed by atoms with E-state index in [0.29, 0.717) is 27.8 Å². The molecule has 0 saturated carbocycles. The van der Waals surface area contributed by atoms with Gasteiger partial charge < -0.3 is 15.4 Å². The van der Waals surface area contributed by atoms with Gasteiger partial charge in [-0.3, -0.25) is 4.79 Å². The van der Waals surface area contributed by atoms with E-state index < -0.39 is 0 Å². The van der Waals surface area contributed by atoms with Crippen molar-refractivity contribution in [2.75, 3.05) is 17.7 Å². The fourth-order valence-electron chi connectivity index (χ4n) is 2.40. The summed E-state index contributed by atoms with van der Waals surface area (Å²) in [4.78, 5) is 16.8. The van der Waals surface area contributed by atoms with Crippen molar-refractivity contribution in [3.8, 4) is 5.75 Å². The lowest BCUT2D eigenvalue weighted by molar-refractivity contribution is 0.102. The maximum absolute atomic E-state index is 12.5. The number of pyridine rings is 1. The van der Waals surface area contributed by atoms with E-state index in [1.807, 2.05) is 43.3 Å². The van der Waals surface area contributed by atoms with Crippen LogP contribution in [0.5, 0.6) is 5.75 Å². The lowest BCUT2D eigenvalue weighted by Crippen LogP contribution is -2.12. The number of halogens is 1. The second-order valence-corrected chi connectivity index (χ2v) is 6.08. The molecule has 0 aliphatic carbocycles. The number of para-hydroxylation sites is 2. The summed E-state index contributed by atoms with van der Waals surface area (Å²) in [5.74, 6) is 0.998. The molecule has 6 heteroatoms. The number of ether oxygens (including phenoxy) is 1. The van der Waals surface area contributed by atoms with E-state index in [9.17, 15) is 4.79 Å². The number of aromatic nitrogens is 1. The number of benzene rings is 2. The molecule has 0 atom stereocenters. The summed E-state index contributed by atoms with van der Waals surface area (Å²) >= 11 is 6.10. The van der Waals surface area contributed by atoms with Crippen LogP contribution < -0.4 is 15.4 Å². The zero-order chi connectivity index (χ0) is 18.5. The van der Waals surface area contributed by atoms with Crippen molar-refractivity contribution >= 4 is 34.7 Å². The molecule has 1 aromatic heterocycles. The highest BCUT2D eigenvalue weighted by atomic mass is 35.5. The fourth-order valence-corrected chi connectivity index (χ4v) is 2.58. The lowest BCUT2D eigenvalue weighted by atomic mass is 10.2. The fraction of sp³-hybridized carbons (Fsp3) is 0.100. The number of aryl methyl sites for hydroxylation is 1. The zero-order valence-electron chi connectivity index (χ0n) is 14.4. The highest BCUT2D eigenvalue weighted by Gasteiger charge is 2.10. The molecule has 1 heterocycles. The normalized spacial score (nSPS) is 10.3. The maximum Gasteiger partial charge on any atom is 0.255 e. The molecule has 0 unspecified atom stereocenters. The number of rotatable bonds is 5. The Balaban J connectivity index is 1.78. The SMILES string of the molecule is COc1ccccc1Nc1cc(C(=O)Nc2ccc(C)c(Cl)c2)ccn1. The van der Waals surface area contributed by atoms with Crippen molar-refractivity contribution in [3.05, 3.63) is 76.9 Å². The predicted octanol–water partition coefficient (Wildman–Crippen LogP) is 5.05. The van der Waals surface area contributed by atoms with Crippen LogP contribution in [0.1, 0.15) is 15.9 Å².